The lowest BCUT2D eigenvalue weighted by Crippen LogP contribution is -2.68. The second kappa shape index (κ2) is 13.6. The van der Waals surface area contributed by atoms with Crippen LogP contribution in [-0.2, 0) is 11.0 Å². The predicted molar refractivity (Wildman–Crippen MR) is 211 cm³/mol. The van der Waals surface area contributed by atoms with E-state index in [9.17, 15) is 14.1 Å². The number of rotatable bonds is 10. The summed E-state index contributed by atoms with van der Waals surface area (Å²) >= 11 is 0. The molecular weight excluding hydrogens is 651 g/mol. The van der Waals surface area contributed by atoms with E-state index in [4.69, 9.17) is 0 Å². The molecule has 6 aliphatic rings. The second-order valence-electron chi connectivity index (χ2n) is 19.7. The molecule has 7 rings (SSSR count). The van der Waals surface area contributed by atoms with Crippen LogP contribution in [0.4, 0.5) is 0 Å². The summed E-state index contributed by atoms with van der Waals surface area (Å²) < 4.78 is 14.4. The molecule has 1 aromatic rings. The Kier molecular flexibility index (Phi) is 10.1. The molecule has 4 saturated carbocycles. The van der Waals surface area contributed by atoms with Crippen molar-refractivity contribution < 1.29 is 14.1 Å². The Bertz CT molecular complexity index is 1520. The second-order valence-corrected chi connectivity index (χ2v) is 21.0. The van der Waals surface area contributed by atoms with Crippen LogP contribution >= 0.6 is 0 Å². The molecule has 284 valence electrons. The van der Waals surface area contributed by atoms with Crippen LogP contribution in [0.2, 0.25) is 0 Å². The fourth-order valence-corrected chi connectivity index (χ4v) is 15.6. The zero-order chi connectivity index (χ0) is 36.6. The van der Waals surface area contributed by atoms with Gasteiger partial charge in [0.1, 0.15) is 0 Å². The number of allylic oxidation sites excluding steroid dienone is 2. The van der Waals surface area contributed by atoms with E-state index in [0.29, 0.717) is 40.2 Å². The molecule has 0 bridgehead atoms. The van der Waals surface area contributed by atoms with Crippen molar-refractivity contribution in [3.05, 3.63) is 41.5 Å². The number of nitrogens with zero attached hydrogens (tertiary/aromatic N) is 1. The maximum atomic E-state index is 12.2. The van der Waals surface area contributed by atoms with Gasteiger partial charge in [0.05, 0.1) is 16.5 Å². The molecular formula is C44H69N3O3S. The molecule has 51 heavy (non-hydrogen) atoms. The first-order chi connectivity index (χ1) is 24.1. The summed E-state index contributed by atoms with van der Waals surface area (Å²) in [6.07, 6.45) is 18.5. The lowest BCUT2D eigenvalue weighted by molar-refractivity contribution is -0.221. The van der Waals surface area contributed by atoms with E-state index in [0.717, 1.165) is 63.2 Å². The average Bonchev–Trinajstić information content (AvgIpc) is 3.70. The topological polar surface area (TPSA) is 81.7 Å². The summed E-state index contributed by atoms with van der Waals surface area (Å²) in [6.45, 7) is 22.1. The third-order valence-corrected chi connectivity index (χ3v) is 18.3. The third kappa shape index (κ3) is 5.96. The summed E-state index contributed by atoms with van der Waals surface area (Å²) in [6, 6.07) is 8.06. The van der Waals surface area contributed by atoms with E-state index >= 15 is 0 Å². The van der Waals surface area contributed by atoms with E-state index < -0.39 is 17.0 Å². The Labute approximate surface area is 312 Å². The maximum Gasteiger partial charge on any atom is 0.335 e. The van der Waals surface area contributed by atoms with Crippen molar-refractivity contribution in [1.82, 2.24) is 14.9 Å². The number of fused-ring (bicyclic) bond motifs is 7. The van der Waals surface area contributed by atoms with Gasteiger partial charge < -0.3 is 15.7 Å². The number of carboxylic acids is 1. The number of benzene rings is 1. The monoisotopic (exact) mass is 720 g/mol. The first-order valence-electron chi connectivity index (χ1n) is 20.7. The smallest absolute Gasteiger partial charge is 0.335 e. The van der Waals surface area contributed by atoms with Gasteiger partial charge in [-0.25, -0.2) is 13.3 Å². The summed E-state index contributed by atoms with van der Waals surface area (Å²) in [7, 11) is -0.872. The van der Waals surface area contributed by atoms with Crippen molar-refractivity contribution in [2.45, 2.75) is 131 Å². The Hall–Kier alpha value is -1.54. The standard InChI is InChI=1S/C44H69N3O3S/c1-29(2)33-17-22-44(46-26-25-45-28-32-10-9-27-47(32)51(8)50)24-23-42(6)35(38(33)44)15-16-37-41(5)20-18-34(30-11-13-31(14-12-30)39(48)49)40(3,4)36(41)19-21-43(37,42)7/h11-14,18,29,32-33,35-38,45-46H,9-10,15-17,19-28H2,1-8H3,(H,48,49)/t32-,33-,35+,36-,37+,38+,41-,42+,43+,44-,51?/m0/s1. The number of aromatic carboxylic acids is 1. The molecule has 0 aromatic heterocycles. The molecule has 1 saturated heterocycles. The van der Waals surface area contributed by atoms with Crippen LogP contribution in [0.15, 0.2) is 30.3 Å². The van der Waals surface area contributed by atoms with E-state index in [2.05, 4.69) is 69.5 Å². The SMILES string of the molecule is CC(C)[C@@H]1CC[C@]2(NCCNC[C@@H]3CCCN3S(C)=O)CC[C@]3(C)[C@H](CC[C@@H]4[C@@]5(C)CC=C(c6ccc(C(=O)O)cc6)C(C)(C)[C@@H]5CC[C@]43C)[C@@H]12. The van der Waals surface area contributed by atoms with E-state index in [1.54, 1.807) is 12.1 Å². The highest BCUT2D eigenvalue weighted by atomic mass is 32.2. The lowest BCUT2D eigenvalue weighted by atomic mass is 9.33. The van der Waals surface area contributed by atoms with Crippen LogP contribution in [0, 0.1) is 57.2 Å². The molecule has 0 radical (unpaired) electrons. The first kappa shape index (κ1) is 37.8. The summed E-state index contributed by atoms with van der Waals surface area (Å²) in [5, 5.41) is 17.6. The highest BCUT2D eigenvalue weighted by Gasteiger charge is 2.70. The van der Waals surface area contributed by atoms with Crippen LogP contribution < -0.4 is 10.6 Å². The third-order valence-electron chi connectivity index (χ3n) is 17.2. The normalized spacial score (nSPS) is 42.4. The van der Waals surface area contributed by atoms with Crippen LogP contribution in [0.25, 0.3) is 5.57 Å². The fourth-order valence-electron chi connectivity index (χ4n) is 14.6. The zero-order valence-electron chi connectivity index (χ0n) is 33.2. The van der Waals surface area contributed by atoms with Crippen molar-refractivity contribution in [2.75, 3.05) is 32.4 Å². The number of nitrogens with one attached hydrogen (secondary N) is 2. The Morgan fingerprint density at radius 3 is 2.35 bits per heavy atom. The van der Waals surface area contributed by atoms with E-state index in [-0.39, 0.29) is 16.4 Å². The van der Waals surface area contributed by atoms with Gasteiger partial charge in [0, 0.05) is 44.0 Å². The molecule has 11 atom stereocenters. The average molecular weight is 720 g/mol. The Morgan fingerprint density at radius 2 is 1.67 bits per heavy atom. The summed E-state index contributed by atoms with van der Waals surface area (Å²) in [4.78, 5) is 11.6. The van der Waals surface area contributed by atoms with Gasteiger partial charge in [-0.1, -0.05) is 66.7 Å². The molecule has 0 spiro atoms. The summed E-state index contributed by atoms with van der Waals surface area (Å²) in [5.41, 5.74) is 4.21. The quantitative estimate of drug-likeness (QED) is 0.211. The number of hydrogen-bond donors (Lipinski definition) is 3. The van der Waals surface area contributed by atoms with Crippen LogP contribution in [0.1, 0.15) is 135 Å². The van der Waals surface area contributed by atoms with Gasteiger partial charge in [0.2, 0.25) is 0 Å². The zero-order valence-corrected chi connectivity index (χ0v) is 34.0. The molecule has 3 N–H and O–H groups in total. The molecule has 7 heteroatoms. The minimum absolute atomic E-state index is 0.0361. The molecule has 1 aromatic carbocycles. The molecule has 1 unspecified atom stereocenters. The van der Waals surface area contributed by atoms with E-state index in [1.165, 1.54) is 62.5 Å². The van der Waals surface area contributed by atoms with Gasteiger partial charge >= 0.3 is 5.97 Å². The molecule has 6 nitrogen and oxygen atoms in total. The summed E-state index contributed by atoms with van der Waals surface area (Å²) in [5.74, 6) is 3.50. The number of carboxylic acid groups (broad SMARTS) is 1. The van der Waals surface area contributed by atoms with Crippen LogP contribution in [0.5, 0.6) is 0 Å². The van der Waals surface area contributed by atoms with Crippen molar-refractivity contribution in [2.24, 2.45) is 57.2 Å². The van der Waals surface area contributed by atoms with Gasteiger partial charge in [-0.05, 0) is 151 Å². The molecule has 5 aliphatic carbocycles. The molecule has 5 fully saturated rings. The van der Waals surface area contributed by atoms with Crippen molar-refractivity contribution in [1.29, 1.82) is 0 Å². The minimum Gasteiger partial charge on any atom is -0.478 e. The van der Waals surface area contributed by atoms with Crippen molar-refractivity contribution in [3.63, 3.8) is 0 Å². The van der Waals surface area contributed by atoms with Crippen LogP contribution in [0.3, 0.4) is 0 Å². The van der Waals surface area contributed by atoms with Gasteiger partial charge in [0.15, 0.2) is 0 Å². The van der Waals surface area contributed by atoms with Crippen LogP contribution in [-0.4, -0.2) is 63.6 Å². The van der Waals surface area contributed by atoms with Gasteiger partial charge in [-0.2, -0.15) is 0 Å². The Morgan fingerprint density at radius 1 is 0.922 bits per heavy atom. The highest BCUT2D eigenvalue weighted by Crippen LogP contribution is 2.76. The van der Waals surface area contributed by atoms with Gasteiger partial charge in [-0.15, -0.1) is 0 Å². The lowest BCUT2D eigenvalue weighted by Gasteiger charge is -2.72. The van der Waals surface area contributed by atoms with Gasteiger partial charge in [-0.3, -0.25) is 0 Å². The predicted octanol–water partition coefficient (Wildman–Crippen LogP) is 8.81. The van der Waals surface area contributed by atoms with Gasteiger partial charge in [0.25, 0.3) is 0 Å². The first-order valence-corrected chi connectivity index (χ1v) is 22.2. The molecule has 0 amide bonds. The largest absolute Gasteiger partial charge is 0.478 e. The van der Waals surface area contributed by atoms with Crippen molar-refractivity contribution >= 4 is 22.5 Å². The number of carbonyl (C=O) groups is 1. The maximum absolute atomic E-state index is 12.2. The fraction of sp³-hybridized carbons (Fsp3) is 0.795. The van der Waals surface area contributed by atoms with Crippen molar-refractivity contribution in [3.8, 4) is 0 Å². The molecule has 1 aliphatic heterocycles. The highest BCUT2D eigenvalue weighted by molar-refractivity contribution is 7.81. The molecule has 1 heterocycles. The minimum atomic E-state index is -0.872. The van der Waals surface area contributed by atoms with E-state index in [1.807, 2.05) is 18.4 Å². The number of hydrogen-bond acceptors (Lipinski definition) is 4. The Balaban J connectivity index is 1.10.